The number of aryl methyl sites for hydroxylation is 1. The lowest BCUT2D eigenvalue weighted by Gasteiger charge is -2.20. The van der Waals surface area contributed by atoms with Crippen molar-refractivity contribution < 1.29 is 0 Å². The Balaban J connectivity index is 2.36. The van der Waals surface area contributed by atoms with Gasteiger partial charge in [0.1, 0.15) is 10.0 Å². The van der Waals surface area contributed by atoms with E-state index in [1.54, 1.807) is 11.3 Å². The second-order valence-electron chi connectivity index (χ2n) is 6.53. The van der Waals surface area contributed by atoms with Gasteiger partial charge in [0.2, 0.25) is 0 Å². The minimum Gasteiger partial charge on any atom is -0.312 e. The molecule has 4 heteroatoms. The smallest absolute Gasteiger partial charge is 0.122 e. The van der Waals surface area contributed by atoms with Gasteiger partial charge in [0.25, 0.3) is 0 Å². The Morgan fingerprint density at radius 1 is 1.06 bits per heavy atom. The van der Waals surface area contributed by atoms with E-state index in [1.807, 2.05) is 0 Å². The highest BCUT2D eigenvalue weighted by atomic mass is 32.1. The molecule has 1 N–H and O–H groups in total. The summed E-state index contributed by atoms with van der Waals surface area (Å²) in [6.45, 7) is 14.1. The van der Waals surface area contributed by atoms with E-state index >= 15 is 0 Å². The third-order valence-corrected chi connectivity index (χ3v) is 3.74. The fourth-order valence-electron chi connectivity index (χ4n) is 1.36. The van der Waals surface area contributed by atoms with E-state index < -0.39 is 0 Å². The van der Waals surface area contributed by atoms with Gasteiger partial charge in [-0.3, -0.25) is 0 Å². The Morgan fingerprint density at radius 2 is 1.71 bits per heavy atom. The predicted octanol–water partition coefficient (Wildman–Crippen LogP) is 3.16. The molecule has 0 aliphatic rings. The van der Waals surface area contributed by atoms with Crippen LogP contribution < -0.4 is 5.32 Å². The van der Waals surface area contributed by atoms with E-state index in [4.69, 9.17) is 0 Å². The first-order valence-electron chi connectivity index (χ1n) is 6.26. The number of nitrogens with zero attached hydrogens (tertiary/aromatic N) is 2. The standard InChI is InChI=1S/C13H25N3S/c1-12(2,3)11-16-15-10(17-11)8-7-9-14-13(4,5)6/h14H,7-9H2,1-6H3. The van der Waals surface area contributed by atoms with Gasteiger partial charge in [-0.25, -0.2) is 0 Å². The van der Waals surface area contributed by atoms with Crippen LogP contribution in [-0.2, 0) is 11.8 Å². The van der Waals surface area contributed by atoms with Crippen LogP contribution in [0.2, 0.25) is 0 Å². The molecular formula is C13H25N3S. The maximum atomic E-state index is 4.26. The van der Waals surface area contributed by atoms with Gasteiger partial charge < -0.3 is 5.32 Å². The monoisotopic (exact) mass is 255 g/mol. The summed E-state index contributed by atoms with van der Waals surface area (Å²) in [6.07, 6.45) is 2.15. The molecule has 1 rings (SSSR count). The predicted molar refractivity (Wildman–Crippen MR) is 74.7 cm³/mol. The van der Waals surface area contributed by atoms with Crippen LogP contribution in [0, 0.1) is 0 Å². The Labute approximate surface area is 109 Å². The van der Waals surface area contributed by atoms with Crippen LogP contribution in [-0.4, -0.2) is 22.3 Å². The first kappa shape index (κ1) is 14.6. The number of nitrogens with one attached hydrogen (secondary N) is 1. The van der Waals surface area contributed by atoms with E-state index in [1.165, 1.54) is 0 Å². The molecule has 0 saturated heterocycles. The summed E-state index contributed by atoms with van der Waals surface area (Å²) in [5.41, 5.74) is 0.331. The molecule has 0 spiro atoms. The van der Waals surface area contributed by atoms with Crippen molar-refractivity contribution in [2.75, 3.05) is 6.54 Å². The topological polar surface area (TPSA) is 37.8 Å². The first-order chi connectivity index (χ1) is 7.68. The molecular weight excluding hydrogens is 230 g/mol. The lowest BCUT2D eigenvalue weighted by atomic mass is 9.98. The number of aromatic nitrogens is 2. The molecule has 0 saturated carbocycles. The number of hydrogen-bond acceptors (Lipinski definition) is 4. The third kappa shape index (κ3) is 5.59. The average Bonchev–Trinajstić information content (AvgIpc) is 2.58. The van der Waals surface area contributed by atoms with Crippen molar-refractivity contribution in [1.82, 2.24) is 15.5 Å². The molecule has 1 heterocycles. The van der Waals surface area contributed by atoms with Crippen LogP contribution in [0.3, 0.4) is 0 Å². The van der Waals surface area contributed by atoms with Gasteiger partial charge in [-0.05, 0) is 33.7 Å². The second-order valence-corrected chi connectivity index (χ2v) is 7.59. The lowest BCUT2D eigenvalue weighted by Crippen LogP contribution is -2.36. The molecule has 0 aromatic carbocycles. The number of hydrogen-bond donors (Lipinski definition) is 1. The van der Waals surface area contributed by atoms with Crippen LogP contribution >= 0.6 is 11.3 Å². The van der Waals surface area contributed by atoms with Gasteiger partial charge in [-0.2, -0.15) is 0 Å². The summed E-state index contributed by atoms with van der Waals surface area (Å²) in [6, 6.07) is 0. The van der Waals surface area contributed by atoms with Crippen molar-refractivity contribution in [1.29, 1.82) is 0 Å². The highest BCUT2D eigenvalue weighted by Crippen LogP contribution is 2.25. The van der Waals surface area contributed by atoms with Crippen molar-refractivity contribution in [3.63, 3.8) is 0 Å². The van der Waals surface area contributed by atoms with E-state index in [0.717, 1.165) is 29.4 Å². The Kier molecular flexibility index (Phi) is 4.67. The zero-order valence-corrected chi connectivity index (χ0v) is 12.7. The summed E-state index contributed by atoms with van der Waals surface area (Å²) in [7, 11) is 0. The second kappa shape index (κ2) is 5.44. The van der Waals surface area contributed by atoms with E-state index in [2.05, 4.69) is 57.1 Å². The molecule has 0 aliphatic carbocycles. The maximum absolute atomic E-state index is 4.26. The molecule has 17 heavy (non-hydrogen) atoms. The first-order valence-corrected chi connectivity index (χ1v) is 7.08. The highest BCUT2D eigenvalue weighted by molar-refractivity contribution is 7.11. The summed E-state index contributed by atoms with van der Waals surface area (Å²) in [4.78, 5) is 0. The Bertz CT molecular complexity index is 344. The summed E-state index contributed by atoms with van der Waals surface area (Å²) in [5.74, 6) is 0. The molecule has 0 aliphatic heterocycles. The summed E-state index contributed by atoms with van der Waals surface area (Å²) in [5, 5.41) is 14.3. The quantitative estimate of drug-likeness (QED) is 0.840. The summed E-state index contributed by atoms with van der Waals surface area (Å²) < 4.78 is 0. The third-order valence-electron chi connectivity index (χ3n) is 2.33. The van der Waals surface area contributed by atoms with Gasteiger partial charge >= 0.3 is 0 Å². The Morgan fingerprint density at radius 3 is 2.18 bits per heavy atom. The lowest BCUT2D eigenvalue weighted by molar-refractivity contribution is 0.422. The maximum Gasteiger partial charge on any atom is 0.122 e. The van der Waals surface area contributed by atoms with Crippen LogP contribution in [0.15, 0.2) is 0 Å². The molecule has 0 unspecified atom stereocenters. The van der Waals surface area contributed by atoms with Crippen molar-refractivity contribution in [3.8, 4) is 0 Å². The van der Waals surface area contributed by atoms with Crippen molar-refractivity contribution >= 4 is 11.3 Å². The molecule has 0 radical (unpaired) electrons. The van der Waals surface area contributed by atoms with Gasteiger partial charge in [0, 0.05) is 17.4 Å². The minimum absolute atomic E-state index is 0.125. The molecule has 98 valence electrons. The zero-order valence-electron chi connectivity index (χ0n) is 11.9. The average molecular weight is 255 g/mol. The fraction of sp³-hybridized carbons (Fsp3) is 0.846. The molecule has 1 aromatic rings. The number of rotatable bonds is 4. The molecule has 3 nitrogen and oxygen atoms in total. The van der Waals surface area contributed by atoms with Crippen LogP contribution in [0.5, 0.6) is 0 Å². The normalized spacial score (nSPS) is 13.1. The van der Waals surface area contributed by atoms with Gasteiger partial charge in [0.15, 0.2) is 0 Å². The Hall–Kier alpha value is -0.480. The van der Waals surface area contributed by atoms with Gasteiger partial charge in [0.05, 0.1) is 0 Å². The van der Waals surface area contributed by atoms with Crippen molar-refractivity contribution in [3.05, 3.63) is 10.0 Å². The minimum atomic E-state index is 0.125. The molecule has 1 aromatic heterocycles. The highest BCUT2D eigenvalue weighted by Gasteiger charge is 2.19. The van der Waals surface area contributed by atoms with Crippen LogP contribution in [0.1, 0.15) is 58.0 Å². The van der Waals surface area contributed by atoms with Crippen molar-refractivity contribution in [2.24, 2.45) is 0 Å². The molecule has 0 fully saturated rings. The molecule has 0 amide bonds. The van der Waals surface area contributed by atoms with Crippen LogP contribution in [0.4, 0.5) is 0 Å². The largest absolute Gasteiger partial charge is 0.312 e. The van der Waals surface area contributed by atoms with E-state index in [-0.39, 0.29) is 11.0 Å². The SMILES string of the molecule is CC(C)(C)NCCCc1nnc(C(C)(C)C)s1. The van der Waals surface area contributed by atoms with Gasteiger partial charge in [-0.1, -0.05) is 20.8 Å². The molecule has 0 bridgehead atoms. The van der Waals surface area contributed by atoms with Crippen LogP contribution in [0.25, 0.3) is 0 Å². The van der Waals surface area contributed by atoms with Gasteiger partial charge in [-0.15, -0.1) is 21.5 Å². The fourth-order valence-corrected chi connectivity index (χ4v) is 2.30. The van der Waals surface area contributed by atoms with Crippen molar-refractivity contribution in [2.45, 2.75) is 65.3 Å². The van der Waals surface area contributed by atoms with E-state index in [0.29, 0.717) is 0 Å². The summed E-state index contributed by atoms with van der Waals surface area (Å²) >= 11 is 1.75. The van der Waals surface area contributed by atoms with E-state index in [9.17, 15) is 0 Å². The molecule has 0 atom stereocenters. The zero-order chi connectivity index (χ0) is 13.1.